The van der Waals surface area contributed by atoms with Gasteiger partial charge in [-0.15, -0.1) is 0 Å². The average Bonchev–Trinajstić information content (AvgIpc) is 3.72. The lowest BCUT2D eigenvalue weighted by atomic mass is 9.83. The Kier molecular flexibility index (Phi) is 6.46. The van der Waals surface area contributed by atoms with Crippen molar-refractivity contribution in [2.45, 2.75) is 0 Å². The summed E-state index contributed by atoms with van der Waals surface area (Å²) < 4.78 is 0. The van der Waals surface area contributed by atoms with Crippen LogP contribution in [0.1, 0.15) is 0 Å². The molecule has 0 unspecified atom stereocenters. The molecule has 55 heavy (non-hydrogen) atoms. The van der Waals surface area contributed by atoms with Crippen molar-refractivity contribution in [2.24, 2.45) is 0 Å². The first kappa shape index (κ1) is 30.6. The van der Waals surface area contributed by atoms with Crippen molar-refractivity contribution < 1.29 is 0 Å². The highest BCUT2D eigenvalue weighted by Crippen LogP contribution is 2.47. The summed E-state index contributed by atoms with van der Waals surface area (Å²) in [6, 6.07) is 77.7. The number of rotatable bonds is 3. The summed E-state index contributed by atoms with van der Waals surface area (Å²) in [5, 5.41) is 13.7. The van der Waals surface area contributed by atoms with Crippen molar-refractivity contribution in [3.05, 3.63) is 206 Å². The molecule has 2 aliphatic heterocycles. The molecule has 10 aromatic carbocycles. The van der Waals surface area contributed by atoms with Gasteiger partial charge in [0.25, 0.3) is 0 Å². The quantitative estimate of drug-likeness (QED) is 0.126. The van der Waals surface area contributed by atoms with Gasteiger partial charge in [0.05, 0.1) is 0 Å². The molecule has 0 fully saturated rings. The molecule has 10 aromatic rings. The van der Waals surface area contributed by atoms with Gasteiger partial charge in [-0.3, -0.25) is 0 Å². The molecule has 2 aliphatic rings. The lowest BCUT2D eigenvalue weighted by Crippen LogP contribution is -2.70. The zero-order valence-electron chi connectivity index (χ0n) is 30.1. The predicted molar refractivity (Wildman–Crippen MR) is 237 cm³/mol. The first-order chi connectivity index (χ1) is 27.3. The Morgan fingerprint density at radius 1 is 0.255 bits per heavy atom. The monoisotopic (exact) mass is 710 g/mol. The van der Waals surface area contributed by atoms with Crippen molar-refractivity contribution in [1.29, 1.82) is 0 Å². The summed E-state index contributed by atoms with van der Waals surface area (Å²) in [4.78, 5) is 0. The molecule has 0 saturated heterocycles. The number of hydrogen-bond acceptors (Lipinski definition) is 0. The minimum atomic E-state index is -2.58. The maximum absolute atomic E-state index is 2.60. The zero-order chi connectivity index (χ0) is 36.1. The van der Waals surface area contributed by atoms with Crippen molar-refractivity contribution in [3.63, 3.8) is 0 Å². The fourth-order valence-electron chi connectivity index (χ4n) is 10.4. The zero-order valence-corrected chi connectivity index (χ0v) is 31.1. The Bertz CT molecular complexity index is 3080. The highest BCUT2D eigenvalue weighted by Gasteiger charge is 2.53. The fraction of sp³-hybridized carbons (Fsp3) is 0. The summed E-state index contributed by atoms with van der Waals surface area (Å²) >= 11 is 0. The standard InChI is InChI=1S/C54H34Si/c1-2-16-35(17-3-1)38-27-14-18-36-19-15-28-47(52(36)38)54-45-25-6-4-23-43(45)53(44-24-5-7-26-46(44)54)37-32-33-42-41-22-10-13-31-50(41)55(51(42)34-37)48-29-11-8-20-39(48)40-21-9-12-30-49(40)55/h1-34H. The molecule has 0 bridgehead atoms. The van der Waals surface area contributed by atoms with E-state index in [4.69, 9.17) is 0 Å². The maximum atomic E-state index is 2.60. The lowest BCUT2D eigenvalue weighted by Gasteiger charge is -2.28. The predicted octanol–water partition coefficient (Wildman–Crippen LogP) is 11.5. The van der Waals surface area contributed by atoms with Crippen molar-refractivity contribution in [3.8, 4) is 55.6 Å². The van der Waals surface area contributed by atoms with Gasteiger partial charge in [-0.2, -0.15) is 0 Å². The second-order valence-electron chi connectivity index (χ2n) is 15.1. The van der Waals surface area contributed by atoms with E-state index in [1.165, 1.54) is 109 Å². The topological polar surface area (TPSA) is 0 Å². The largest absolute Gasteiger partial charge is 0.182 e. The van der Waals surface area contributed by atoms with E-state index in [0.717, 1.165) is 0 Å². The van der Waals surface area contributed by atoms with Gasteiger partial charge in [0.2, 0.25) is 0 Å². The molecule has 0 aliphatic carbocycles. The van der Waals surface area contributed by atoms with E-state index >= 15 is 0 Å². The number of hydrogen-bond donors (Lipinski definition) is 0. The highest BCUT2D eigenvalue weighted by atomic mass is 28.3. The molecule has 12 rings (SSSR count). The van der Waals surface area contributed by atoms with Crippen LogP contribution in [0.4, 0.5) is 0 Å². The van der Waals surface area contributed by atoms with Crippen LogP contribution >= 0.6 is 0 Å². The summed E-state index contributed by atoms with van der Waals surface area (Å²) in [6.07, 6.45) is 0. The summed E-state index contributed by atoms with van der Waals surface area (Å²) in [6.45, 7) is 0. The molecule has 0 nitrogen and oxygen atoms in total. The first-order valence-electron chi connectivity index (χ1n) is 19.3. The summed E-state index contributed by atoms with van der Waals surface area (Å²) in [5.41, 5.74) is 13.2. The van der Waals surface area contributed by atoms with Gasteiger partial charge in [0.1, 0.15) is 0 Å². The molecule has 0 saturated carbocycles. The van der Waals surface area contributed by atoms with Crippen LogP contribution in [0, 0.1) is 0 Å². The first-order valence-corrected chi connectivity index (χ1v) is 21.3. The Morgan fingerprint density at radius 3 is 1.25 bits per heavy atom. The molecule has 254 valence electrons. The van der Waals surface area contributed by atoms with Crippen LogP contribution in [0.15, 0.2) is 206 Å². The van der Waals surface area contributed by atoms with E-state index in [2.05, 4.69) is 206 Å². The smallest absolute Gasteiger partial charge is 0.0623 e. The molecule has 1 spiro atoms. The van der Waals surface area contributed by atoms with Gasteiger partial charge >= 0.3 is 0 Å². The van der Waals surface area contributed by atoms with E-state index in [0.29, 0.717) is 0 Å². The van der Waals surface area contributed by atoms with Gasteiger partial charge in [0.15, 0.2) is 8.07 Å². The minimum Gasteiger partial charge on any atom is -0.0623 e. The Hall–Kier alpha value is -6.80. The normalized spacial score (nSPS) is 13.2. The van der Waals surface area contributed by atoms with Crippen LogP contribution in [-0.2, 0) is 0 Å². The Morgan fingerprint density at radius 2 is 0.691 bits per heavy atom. The van der Waals surface area contributed by atoms with E-state index in [9.17, 15) is 0 Å². The molecule has 0 atom stereocenters. The highest BCUT2D eigenvalue weighted by molar-refractivity contribution is 7.24. The third kappa shape index (κ3) is 4.11. The fourth-order valence-corrected chi connectivity index (χ4v) is 16.0. The van der Waals surface area contributed by atoms with Gasteiger partial charge < -0.3 is 0 Å². The van der Waals surface area contributed by atoms with Gasteiger partial charge in [-0.25, -0.2) is 0 Å². The lowest BCUT2D eigenvalue weighted by molar-refractivity contribution is 1.64. The molecule has 0 aromatic heterocycles. The molecule has 0 N–H and O–H groups in total. The minimum absolute atomic E-state index is 1.23. The molecular weight excluding hydrogens is 677 g/mol. The Labute approximate surface area is 321 Å². The van der Waals surface area contributed by atoms with Crippen molar-refractivity contribution >= 4 is 61.1 Å². The number of fused-ring (bicyclic) bond motifs is 13. The average molecular weight is 711 g/mol. The molecule has 2 heterocycles. The Balaban J connectivity index is 1.17. The van der Waals surface area contributed by atoms with E-state index in [-0.39, 0.29) is 0 Å². The van der Waals surface area contributed by atoms with E-state index in [1.54, 1.807) is 0 Å². The van der Waals surface area contributed by atoms with Crippen LogP contribution in [0.5, 0.6) is 0 Å². The van der Waals surface area contributed by atoms with E-state index < -0.39 is 8.07 Å². The van der Waals surface area contributed by atoms with Crippen molar-refractivity contribution in [1.82, 2.24) is 0 Å². The van der Waals surface area contributed by atoms with Gasteiger partial charge in [-0.1, -0.05) is 206 Å². The van der Waals surface area contributed by atoms with E-state index in [1.807, 2.05) is 0 Å². The van der Waals surface area contributed by atoms with Gasteiger partial charge in [0, 0.05) is 0 Å². The van der Waals surface area contributed by atoms with Crippen molar-refractivity contribution in [2.75, 3.05) is 0 Å². The van der Waals surface area contributed by atoms with Gasteiger partial charge in [-0.05, 0) is 109 Å². The second-order valence-corrected chi connectivity index (χ2v) is 18.7. The molecule has 0 amide bonds. The third-order valence-corrected chi connectivity index (χ3v) is 17.4. The third-order valence-electron chi connectivity index (χ3n) is 12.5. The maximum Gasteiger partial charge on any atom is 0.182 e. The SMILES string of the molecule is c1ccc(-c2cccc3cccc(-c4c5ccccc5c(-c5ccc6c(c5)[Si]5(c7ccccc7-c7ccccc75)c5ccccc5-6)c5ccccc45)c23)cc1. The second kappa shape index (κ2) is 11.6. The van der Waals surface area contributed by atoms with Crippen LogP contribution in [0.3, 0.4) is 0 Å². The van der Waals surface area contributed by atoms with Crippen LogP contribution in [-0.4, -0.2) is 8.07 Å². The summed E-state index contributed by atoms with van der Waals surface area (Å²) in [7, 11) is -2.58. The molecular formula is C54H34Si. The number of benzene rings is 10. The summed E-state index contributed by atoms with van der Waals surface area (Å²) in [5.74, 6) is 0. The van der Waals surface area contributed by atoms with Crippen LogP contribution in [0.2, 0.25) is 0 Å². The molecule has 1 heteroatoms. The van der Waals surface area contributed by atoms with Crippen LogP contribution in [0.25, 0.3) is 88.0 Å². The van der Waals surface area contributed by atoms with Crippen LogP contribution < -0.4 is 20.7 Å². The molecule has 0 radical (unpaired) electrons.